The number of amides is 1. The van der Waals surface area contributed by atoms with E-state index in [0.29, 0.717) is 17.0 Å². The Kier molecular flexibility index (Phi) is 2.39. The average Bonchev–Trinajstić information content (AvgIpc) is 2.95. The number of nitrogens with zero attached hydrogens (tertiary/aromatic N) is 3. The molecule has 3 rings (SSSR count). The molecule has 88 valence electrons. The van der Waals surface area contributed by atoms with Crippen LogP contribution in [-0.4, -0.2) is 17.9 Å². The van der Waals surface area contributed by atoms with Crippen LogP contribution in [0.25, 0.3) is 11.3 Å². The summed E-state index contributed by atoms with van der Waals surface area (Å²) in [6.07, 6.45) is 0.422. The third-order valence-corrected chi connectivity index (χ3v) is 3.83. The zero-order valence-corrected chi connectivity index (χ0v) is 10.5. The number of fused-ring (bicyclic) bond motifs is 1. The number of thiazole rings is 1. The quantitative estimate of drug-likeness (QED) is 0.785. The molecule has 5 heteroatoms. The first-order valence-electron chi connectivity index (χ1n) is 5.44. The van der Waals surface area contributed by atoms with Gasteiger partial charge in [0.15, 0.2) is 0 Å². The van der Waals surface area contributed by atoms with Crippen molar-refractivity contribution >= 4 is 22.9 Å². The van der Waals surface area contributed by atoms with Crippen molar-refractivity contribution in [3.63, 3.8) is 0 Å². The number of carbonyl (C=O) groups is 1. The van der Waals surface area contributed by atoms with Gasteiger partial charge in [0.05, 0.1) is 17.6 Å². The van der Waals surface area contributed by atoms with Crippen LogP contribution in [0.3, 0.4) is 0 Å². The first-order valence-corrected chi connectivity index (χ1v) is 6.32. The van der Waals surface area contributed by atoms with Gasteiger partial charge in [-0.05, 0) is 17.7 Å². The first-order chi connectivity index (χ1) is 8.70. The second kappa shape index (κ2) is 3.93. The predicted octanol–water partition coefficient (Wildman–Crippen LogP) is 2.20. The first kappa shape index (κ1) is 10.9. The van der Waals surface area contributed by atoms with Gasteiger partial charge in [0, 0.05) is 18.3 Å². The Labute approximate surface area is 108 Å². The molecule has 0 unspecified atom stereocenters. The molecule has 0 spiro atoms. The smallest absolute Gasteiger partial charge is 0.231 e. The van der Waals surface area contributed by atoms with Gasteiger partial charge in [0.2, 0.25) is 5.91 Å². The van der Waals surface area contributed by atoms with Crippen LogP contribution in [0.4, 0.5) is 5.69 Å². The van der Waals surface area contributed by atoms with E-state index in [1.54, 1.807) is 17.5 Å². The van der Waals surface area contributed by atoms with E-state index >= 15 is 0 Å². The van der Waals surface area contributed by atoms with Gasteiger partial charge >= 0.3 is 0 Å². The summed E-state index contributed by atoms with van der Waals surface area (Å²) < 4.78 is 0. The van der Waals surface area contributed by atoms with E-state index < -0.39 is 0 Å². The summed E-state index contributed by atoms with van der Waals surface area (Å²) in [5.41, 5.74) is 5.20. The second-order valence-corrected chi connectivity index (χ2v) is 4.97. The molecule has 0 N–H and O–H groups in total. The average molecular weight is 255 g/mol. The summed E-state index contributed by atoms with van der Waals surface area (Å²) in [5, 5.41) is 9.00. The maximum Gasteiger partial charge on any atom is 0.231 e. The van der Waals surface area contributed by atoms with Gasteiger partial charge in [-0.2, -0.15) is 5.26 Å². The lowest BCUT2D eigenvalue weighted by molar-refractivity contribution is -0.117. The zero-order chi connectivity index (χ0) is 12.7. The van der Waals surface area contributed by atoms with Crippen molar-refractivity contribution in [2.45, 2.75) is 6.42 Å². The topological polar surface area (TPSA) is 57.0 Å². The lowest BCUT2D eigenvalue weighted by Crippen LogP contribution is -2.20. The number of anilines is 1. The Morgan fingerprint density at radius 3 is 3.11 bits per heavy atom. The molecule has 1 aliphatic heterocycles. The summed E-state index contributed by atoms with van der Waals surface area (Å²) in [7, 11) is 1.78. The van der Waals surface area contributed by atoms with Gasteiger partial charge in [-0.3, -0.25) is 4.79 Å². The van der Waals surface area contributed by atoms with Gasteiger partial charge in [-0.25, -0.2) is 4.98 Å². The Balaban J connectivity index is 2.10. The van der Waals surface area contributed by atoms with E-state index in [1.807, 2.05) is 18.2 Å². The highest BCUT2D eigenvalue weighted by atomic mass is 32.1. The highest BCUT2D eigenvalue weighted by molar-refractivity contribution is 7.10. The van der Waals surface area contributed by atoms with Crippen molar-refractivity contribution in [2.75, 3.05) is 11.9 Å². The van der Waals surface area contributed by atoms with Gasteiger partial charge < -0.3 is 4.90 Å². The maximum absolute atomic E-state index is 11.6. The Bertz CT molecular complexity index is 684. The van der Waals surface area contributed by atoms with Crippen LogP contribution in [0.2, 0.25) is 0 Å². The third-order valence-electron chi connectivity index (χ3n) is 3.10. The molecule has 0 bridgehead atoms. The molecule has 4 nitrogen and oxygen atoms in total. The van der Waals surface area contributed by atoms with Crippen molar-refractivity contribution in [3.05, 3.63) is 34.2 Å². The maximum atomic E-state index is 11.6. The largest absolute Gasteiger partial charge is 0.315 e. The number of likely N-dealkylation sites (N-methyl/N-ethyl adjacent to an activating group) is 1. The molecule has 2 aromatic rings. The molecule has 0 atom stereocenters. The second-order valence-electron chi connectivity index (χ2n) is 4.11. The molecule has 0 saturated carbocycles. The van der Waals surface area contributed by atoms with E-state index in [-0.39, 0.29) is 5.91 Å². The normalized spacial score (nSPS) is 13.6. The van der Waals surface area contributed by atoms with E-state index in [9.17, 15) is 4.79 Å². The molecule has 2 heterocycles. The monoisotopic (exact) mass is 255 g/mol. The summed E-state index contributed by atoms with van der Waals surface area (Å²) in [6.45, 7) is 0. The Morgan fingerprint density at radius 1 is 1.50 bits per heavy atom. The number of hydrogen-bond donors (Lipinski definition) is 0. The van der Waals surface area contributed by atoms with Crippen LogP contribution in [0.5, 0.6) is 0 Å². The molecule has 0 saturated heterocycles. The van der Waals surface area contributed by atoms with Crippen molar-refractivity contribution in [1.29, 1.82) is 5.26 Å². The van der Waals surface area contributed by atoms with E-state index in [2.05, 4.69) is 11.1 Å². The lowest BCUT2D eigenvalue weighted by Gasteiger charge is -2.10. The molecule has 0 fully saturated rings. The highest BCUT2D eigenvalue weighted by Crippen LogP contribution is 2.33. The number of hydrogen-bond acceptors (Lipinski definition) is 4. The fraction of sp³-hybridized carbons (Fsp3) is 0.154. The van der Waals surface area contributed by atoms with Crippen molar-refractivity contribution in [1.82, 2.24) is 4.98 Å². The van der Waals surface area contributed by atoms with Crippen LogP contribution in [-0.2, 0) is 11.2 Å². The van der Waals surface area contributed by atoms with Crippen LogP contribution in [0, 0.1) is 11.3 Å². The molecule has 0 aliphatic carbocycles. The minimum atomic E-state index is 0.0981. The molecular weight excluding hydrogens is 246 g/mol. The van der Waals surface area contributed by atoms with Crippen molar-refractivity contribution < 1.29 is 4.79 Å². The summed E-state index contributed by atoms with van der Waals surface area (Å²) in [5.74, 6) is 0.0981. The standard InChI is InChI=1S/C13H9N3OS/c1-16-10-3-2-8(4-9(10)5-12(16)17)13-11(6-14)18-7-15-13/h2-4,7H,5H2,1H3. The van der Waals surface area contributed by atoms with E-state index in [4.69, 9.17) is 5.26 Å². The fourth-order valence-electron chi connectivity index (χ4n) is 2.15. The fourth-order valence-corrected chi connectivity index (χ4v) is 2.75. The number of nitriles is 1. The van der Waals surface area contributed by atoms with Crippen molar-refractivity contribution in [3.8, 4) is 17.3 Å². The SMILES string of the molecule is CN1C(=O)Cc2cc(-c3ncsc3C#N)ccc21. The zero-order valence-electron chi connectivity index (χ0n) is 9.67. The minimum Gasteiger partial charge on any atom is -0.315 e. The number of carbonyl (C=O) groups excluding carboxylic acids is 1. The van der Waals surface area contributed by atoms with Gasteiger partial charge in [-0.1, -0.05) is 6.07 Å². The summed E-state index contributed by atoms with van der Waals surface area (Å²) in [6, 6.07) is 7.91. The van der Waals surface area contributed by atoms with E-state index in [0.717, 1.165) is 16.8 Å². The summed E-state index contributed by atoms with van der Waals surface area (Å²) in [4.78, 5) is 18.1. The predicted molar refractivity (Wildman–Crippen MR) is 69.4 cm³/mol. The third kappa shape index (κ3) is 1.50. The number of aromatic nitrogens is 1. The minimum absolute atomic E-state index is 0.0981. The van der Waals surface area contributed by atoms with Crippen LogP contribution >= 0.6 is 11.3 Å². The van der Waals surface area contributed by atoms with E-state index in [1.165, 1.54) is 11.3 Å². The molecule has 1 aliphatic rings. The lowest BCUT2D eigenvalue weighted by atomic mass is 10.1. The van der Waals surface area contributed by atoms with Gasteiger partial charge in [0.25, 0.3) is 0 Å². The molecule has 1 amide bonds. The molecule has 18 heavy (non-hydrogen) atoms. The van der Waals surface area contributed by atoms with Crippen LogP contribution in [0.15, 0.2) is 23.7 Å². The number of rotatable bonds is 1. The molecule has 0 radical (unpaired) electrons. The highest BCUT2D eigenvalue weighted by Gasteiger charge is 2.24. The van der Waals surface area contributed by atoms with Crippen LogP contribution in [0.1, 0.15) is 10.4 Å². The Morgan fingerprint density at radius 2 is 2.33 bits per heavy atom. The molecule has 1 aromatic heterocycles. The molecular formula is C13H9N3OS. The van der Waals surface area contributed by atoms with Crippen LogP contribution < -0.4 is 4.90 Å². The summed E-state index contributed by atoms with van der Waals surface area (Å²) >= 11 is 1.33. The van der Waals surface area contributed by atoms with Gasteiger partial charge in [-0.15, -0.1) is 11.3 Å². The van der Waals surface area contributed by atoms with Crippen molar-refractivity contribution in [2.24, 2.45) is 0 Å². The van der Waals surface area contributed by atoms with Gasteiger partial charge in [0.1, 0.15) is 10.9 Å². The number of benzene rings is 1. The molecule has 1 aromatic carbocycles. The Hall–Kier alpha value is -2.19.